The van der Waals surface area contributed by atoms with Gasteiger partial charge in [-0.3, -0.25) is 4.79 Å². The van der Waals surface area contributed by atoms with Gasteiger partial charge in [0.05, 0.1) is 25.7 Å². The van der Waals surface area contributed by atoms with Crippen LogP contribution in [-0.2, 0) is 14.3 Å². The van der Waals surface area contributed by atoms with Gasteiger partial charge in [-0.2, -0.15) is 0 Å². The maximum atomic E-state index is 11.5. The third-order valence-corrected chi connectivity index (χ3v) is 3.71. The van der Waals surface area contributed by atoms with Crippen molar-refractivity contribution < 1.29 is 14.3 Å². The first-order valence-electron chi connectivity index (χ1n) is 8.31. The van der Waals surface area contributed by atoms with Gasteiger partial charge >= 0.3 is 5.97 Å². The molecule has 20 heavy (non-hydrogen) atoms. The lowest BCUT2D eigenvalue weighted by molar-refractivity contribution is -0.145. The lowest BCUT2D eigenvalue weighted by atomic mass is 10.1. The van der Waals surface area contributed by atoms with Crippen LogP contribution in [0.2, 0.25) is 0 Å². The van der Waals surface area contributed by atoms with Gasteiger partial charge in [0.25, 0.3) is 0 Å². The first kappa shape index (κ1) is 17.4. The van der Waals surface area contributed by atoms with E-state index in [4.69, 9.17) is 9.47 Å². The van der Waals surface area contributed by atoms with Gasteiger partial charge in [-0.1, -0.05) is 39.0 Å². The van der Waals surface area contributed by atoms with Crippen LogP contribution in [0.4, 0.5) is 0 Å². The van der Waals surface area contributed by atoms with Crippen molar-refractivity contribution in [1.29, 1.82) is 0 Å². The summed E-state index contributed by atoms with van der Waals surface area (Å²) < 4.78 is 10.9. The van der Waals surface area contributed by atoms with Crippen molar-refractivity contribution in [3.8, 4) is 0 Å². The lowest BCUT2D eigenvalue weighted by Crippen LogP contribution is -2.32. The highest BCUT2D eigenvalue weighted by molar-refractivity contribution is 5.69. The van der Waals surface area contributed by atoms with Crippen molar-refractivity contribution >= 4 is 5.97 Å². The predicted octanol–water partition coefficient (Wildman–Crippen LogP) is 3.05. The Kier molecular flexibility index (Phi) is 10.6. The molecule has 1 rings (SSSR count). The molecule has 0 radical (unpaired) electrons. The summed E-state index contributed by atoms with van der Waals surface area (Å²) in [7, 11) is 0. The van der Waals surface area contributed by atoms with E-state index < -0.39 is 0 Å². The summed E-state index contributed by atoms with van der Waals surface area (Å²) in [5, 5.41) is 3.29. The van der Waals surface area contributed by atoms with E-state index in [2.05, 4.69) is 12.2 Å². The van der Waals surface area contributed by atoms with Gasteiger partial charge in [-0.15, -0.1) is 0 Å². The Bertz CT molecular complexity index is 240. The van der Waals surface area contributed by atoms with Crippen molar-refractivity contribution in [2.45, 2.75) is 70.8 Å². The van der Waals surface area contributed by atoms with E-state index in [-0.39, 0.29) is 5.97 Å². The number of hydrogen-bond donors (Lipinski definition) is 1. The van der Waals surface area contributed by atoms with E-state index in [1.54, 1.807) is 0 Å². The van der Waals surface area contributed by atoms with Crippen LogP contribution in [0.25, 0.3) is 0 Å². The average Bonchev–Trinajstić information content (AvgIpc) is 2.47. The molecule has 0 bridgehead atoms. The Labute approximate surface area is 123 Å². The van der Waals surface area contributed by atoms with Crippen LogP contribution in [0.5, 0.6) is 0 Å². The molecule has 1 N–H and O–H groups in total. The van der Waals surface area contributed by atoms with Crippen LogP contribution in [0, 0.1) is 0 Å². The van der Waals surface area contributed by atoms with Crippen molar-refractivity contribution in [2.75, 3.05) is 26.3 Å². The SMILES string of the molecule is CCCCCCCCOC(=O)CCOC1CCNCC1. The maximum Gasteiger partial charge on any atom is 0.308 e. The topological polar surface area (TPSA) is 47.6 Å². The molecule has 4 heteroatoms. The van der Waals surface area contributed by atoms with Crippen LogP contribution < -0.4 is 5.32 Å². The second-order valence-corrected chi connectivity index (χ2v) is 5.56. The molecule has 1 fully saturated rings. The highest BCUT2D eigenvalue weighted by Crippen LogP contribution is 2.08. The minimum atomic E-state index is -0.118. The molecule has 1 saturated heterocycles. The Morgan fingerprint density at radius 3 is 2.50 bits per heavy atom. The molecule has 1 heterocycles. The molecule has 0 saturated carbocycles. The predicted molar refractivity (Wildman–Crippen MR) is 80.8 cm³/mol. The number of rotatable bonds is 11. The minimum Gasteiger partial charge on any atom is -0.466 e. The van der Waals surface area contributed by atoms with E-state index in [1.165, 1.54) is 32.1 Å². The summed E-state index contributed by atoms with van der Waals surface area (Å²) in [6.07, 6.45) is 10.1. The Hall–Kier alpha value is -0.610. The van der Waals surface area contributed by atoms with Crippen molar-refractivity contribution in [2.24, 2.45) is 0 Å². The molecule has 118 valence electrons. The zero-order chi connectivity index (χ0) is 14.5. The molecule has 1 aliphatic rings. The zero-order valence-corrected chi connectivity index (χ0v) is 13.0. The summed E-state index contributed by atoms with van der Waals surface area (Å²) >= 11 is 0. The first-order chi connectivity index (χ1) is 9.83. The van der Waals surface area contributed by atoms with Crippen LogP contribution in [0.1, 0.15) is 64.7 Å². The molecule has 0 aromatic heterocycles. The van der Waals surface area contributed by atoms with E-state index in [9.17, 15) is 4.79 Å². The number of piperidine rings is 1. The Balaban J connectivity index is 1.85. The number of esters is 1. The molecule has 0 spiro atoms. The Morgan fingerprint density at radius 2 is 1.75 bits per heavy atom. The number of nitrogens with one attached hydrogen (secondary N) is 1. The lowest BCUT2D eigenvalue weighted by Gasteiger charge is -2.22. The first-order valence-corrected chi connectivity index (χ1v) is 8.31. The van der Waals surface area contributed by atoms with E-state index in [1.807, 2.05) is 0 Å². The number of ether oxygens (including phenoxy) is 2. The minimum absolute atomic E-state index is 0.118. The third kappa shape index (κ3) is 9.32. The summed E-state index contributed by atoms with van der Waals surface area (Å²) in [5.41, 5.74) is 0. The van der Waals surface area contributed by atoms with Gasteiger partial charge < -0.3 is 14.8 Å². The summed E-state index contributed by atoms with van der Waals surface area (Å²) in [6, 6.07) is 0. The van der Waals surface area contributed by atoms with Crippen LogP contribution in [0.3, 0.4) is 0 Å². The average molecular weight is 285 g/mol. The molecular weight excluding hydrogens is 254 g/mol. The van der Waals surface area contributed by atoms with Crippen LogP contribution in [-0.4, -0.2) is 38.4 Å². The summed E-state index contributed by atoms with van der Waals surface area (Å²) in [6.45, 7) is 5.33. The second kappa shape index (κ2) is 12.2. The van der Waals surface area contributed by atoms with Crippen molar-refractivity contribution in [1.82, 2.24) is 5.32 Å². The molecule has 0 atom stereocenters. The maximum absolute atomic E-state index is 11.5. The zero-order valence-electron chi connectivity index (χ0n) is 13.0. The van der Waals surface area contributed by atoms with Gasteiger partial charge in [-0.25, -0.2) is 0 Å². The van der Waals surface area contributed by atoms with E-state index in [0.717, 1.165) is 32.4 Å². The normalized spacial score (nSPS) is 16.2. The van der Waals surface area contributed by atoms with E-state index in [0.29, 0.717) is 25.7 Å². The fraction of sp³-hybridized carbons (Fsp3) is 0.938. The number of hydrogen-bond acceptors (Lipinski definition) is 4. The molecule has 0 aromatic carbocycles. The van der Waals surface area contributed by atoms with Crippen molar-refractivity contribution in [3.63, 3.8) is 0 Å². The van der Waals surface area contributed by atoms with Gasteiger partial charge in [-0.05, 0) is 32.4 Å². The summed E-state index contributed by atoms with van der Waals surface area (Å²) in [4.78, 5) is 11.5. The van der Waals surface area contributed by atoms with Crippen molar-refractivity contribution in [3.05, 3.63) is 0 Å². The molecule has 0 amide bonds. The number of unbranched alkanes of at least 4 members (excludes halogenated alkanes) is 5. The Morgan fingerprint density at radius 1 is 1.05 bits per heavy atom. The molecule has 1 aliphatic heterocycles. The van der Waals surface area contributed by atoms with Gasteiger partial charge in [0, 0.05) is 0 Å². The van der Waals surface area contributed by atoms with Gasteiger partial charge in [0.2, 0.25) is 0 Å². The van der Waals surface area contributed by atoms with Crippen LogP contribution in [0.15, 0.2) is 0 Å². The largest absolute Gasteiger partial charge is 0.466 e. The second-order valence-electron chi connectivity index (χ2n) is 5.56. The van der Waals surface area contributed by atoms with Gasteiger partial charge in [0.15, 0.2) is 0 Å². The molecule has 0 unspecified atom stereocenters. The van der Waals surface area contributed by atoms with Crippen LogP contribution >= 0.6 is 0 Å². The monoisotopic (exact) mass is 285 g/mol. The van der Waals surface area contributed by atoms with Gasteiger partial charge in [0.1, 0.15) is 0 Å². The molecule has 0 aromatic rings. The summed E-state index contributed by atoms with van der Waals surface area (Å²) in [5.74, 6) is -0.118. The fourth-order valence-electron chi connectivity index (χ4n) is 2.41. The molecule has 4 nitrogen and oxygen atoms in total. The molecule has 0 aliphatic carbocycles. The highest BCUT2D eigenvalue weighted by Gasteiger charge is 2.13. The number of carbonyl (C=O) groups is 1. The highest BCUT2D eigenvalue weighted by atomic mass is 16.5. The third-order valence-electron chi connectivity index (χ3n) is 3.71. The molecular formula is C16H31NO3. The van der Waals surface area contributed by atoms with E-state index >= 15 is 0 Å². The smallest absolute Gasteiger partial charge is 0.308 e. The standard InChI is InChI=1S/C16H31NO3/c1-2-3-4-5-6-7-13-20-16(18)10-14-19-15-8-11-17-12-9-15/h15,17H,2-14H2,1H3. The quantitative estimate of drug-likeness (QED) is 0.468. The number of carbonyl (C=O) groups excluding carboxylic acids is 1. The fourth-order valence-corrected chi connectivity index (χ4v) is 2.41.